The van der Waals surface area contributed by atoms with Crippen molar-refractivity contribution in [2.45, 2.75) is 81.1 Å². The van der Waals surface area contributed by atoms with Gasteiger partial charge in [0.05, 0.1) is 11.6 Å². The Kier molecular flexibility index (Phi) is 5.35. The molecule has 4 fully saturated rings. The molecule has 2 unspecified atom stereocenters. The first-order valence-electron chi connectivity index (χ1n) is 13.7. The Hall–Kier alpha value is -3.37. The molecule has 4 aliphatic rings. The molecule has 0 spiro atoms. The van der Waals surface area contributed by atoms with E-state index in [0.717, 1.165) is 62.4 Å². The molecular formula is C28H33N7O3. The van der Waals surface area contributed by atoms with E-state index in [1.54, 1.807) is 37.5 Å². The van der Waals surface area contributed by atoms with Gasteiger partial charge in [0.2, 0.25) is 5.95 Å². The predicted molar refractivity (Wildman–Crippen MR) is 142 cm³/mol. The van der Waals surface area contributed by atoms with E-state index in [-0.39, 0.29) is 23.8 Å². The summed E-state index contributed by atoms with van der Waals surface area (Å²) < 4.78 is 2.09. The van der Waals surface area contributed by atoms with E-state index in [4.69, 9.17) is 4.98 Å². The molecule has 3 aromatic heterocycles. The summed E-state index contributed by atoms with van der Waals surface area (Å²) in [5.41, 5.74) is 1.60. The van der Waals surface area contributed by atoms with Crippen LogP contribution in [0.15, 0.2) is 30.6 Å². The highest BCUT2D eigenvalue weighted by Crippen LogP contribution is 2.57. The van der Waals surface area contributed by atoms with Crippen LogP contribution in [-0.2, 0) is 0 Å². The molecular weight excluding hydrogens is 482 g/mol. The highest BCUT2D eigenvalue weighted by molar-refractivity contribution is 6.05. The lowest BCUT2D eigenvalue weighted by Gasteiger charge is -2.72. The molecule has 3 saturated heterocycles. The lowest BCUT2D eigenvalue weighted by Crippen LogP contribution is -2.83. The summed E-state index contributed by atoms with van der Waals surface area (Å²) >= 11 is 0. The van der Waals surface area contributed by atoms with E-state index in [1.165, 1.54) is 0 Å². The summed E-state index contributed by atoms with van der Waals surface area (Å²) in [4.78, 5) is 44.0. The first-order valence-corrected chi connectivity index (χ1v) is 13.7. The number of rotatable bonds is 6. The number of nitrogens with one attached hydrogen (secondary N) is 1. The molecule has 10 nitrogen and oxygen atoms in total. The highest BCUT2D eigenvalue weighted by Gasteiger charge is 2.68. The van der Waals surface area contributed by atoms with Crippen molar-refractivity contribution in [2.24, 2.45) is 0 Å². The van der Waals surface area contributed by atoms with Gasteiger partial charge in [0.25, 0.3) is 5.91 Å². The second kappa shape index (κ2) is 8.57. The second-order valence-electron chi connectivity index (χ2n) is 11.7. The first kappa shape index (κ1) is 23.7. The number of carbonyl (C=O) groups excluding carboxylic acids is 2. The molecule has 0 aromatic carbocycles. The lowest BCUT2D eigenvalue weighted by atomic mass is 9.57. The van der Waals surface area contributed by atoms with Crippen molar-refractivity contribution in [3.05, 3.63) is 41.9 Å². The molecule has 0 radical (unpaired) electrons. The fraction of sp³-hybridized carbons (Fsp3) is 0.536. The van der Waals surface area contributed by atoms with E-state index < -0.39 is 5.54 Å². The molecule has 1 amide bonds. The number of Topliss-reactive ketones (excluding diaryl/α,β-unsaturated/α-hetero) is 1. The Balaban J connectivity index is 1.12. The molecule has 10 heteroatoms. The van der Waals surface area contributed by atoms with Gasteiger partial charge < -0.3 is 19.9 Å². The third-order valence-electron chi connectivity index (χ3n) is 9.10. The molecule has 3 aliphatic heterocycles. The number of carbonyl (C=O) groups is 2. The zero-order valence-electron chi connectivity index (χ0n) is 21.8. The Bertz CT molecular complexity index is 1410. The maximum absolute atomic E-state index is 13.4. The fourth-order valence-electron chi connectivity index (χ4n) is 7.44. The van der Waals surface area contributed by atoms with Crippen LogP contribution in [0.3, 0.4) is 0 Å². The maximum atomic E-state index is 13.4. The molecule has 2 N–H and O–H groups in total. The summed E-state index contributed by atoms with van der Waals surface area (Å²) in [6, 6.07) is 6.41. The SMILES string of the molecule is CN(C)C(=O)c1cc2cnc(Nc3ccc(C(=O)C45CC6C[C@H](O)C[C@H](C4)N65)cn3)nc2n1C1CCCC1. The van der Waals surface area contributed by atoms with Crippen molar-refractivity contribution >= 4 is 34.5 Å². The van der Waals surface area contributed by atoms with Crippen LogP contribution in [-0.4, -0.2) is 83.9 Å². The topological polar surface area (TPSA) is 116 Å². The molecule has 4 atom stereocenters. The first-order chi connectivity index (χ1) is 18.3. The lowest BCUT2D eigenvalue weighted by molar-refractivity contribution is -0.209. The van der Waals surface area contributed by atoms with Gasteiger partial charge in [0, 0.05) is 55.6 Å². The standard InChI is InChI=1S/C28H33N7O3/c1-33(2)26(38)22-9-17-15-30-27(32-25(17)34(22)18-5-3-4-6-18)31-23-8-7-16(14-29-23)24(37)28-12-19-10-21(36)11-20(13-28)35(19)28/h7-9,14-15,18-21,36H,3-6,10-13H2,1-2H3,(H,29,30,31,32)/t19-,20?,21-,28?/m1/s1. The zero-order chi connectivity index (χ0) is 26.2. The number of amides is 1. The Morgan fingerprint density at radius 1 is 1.05 bits per heavy atom. The summed E-state index contributed by atoms with van der Waals surface area (Å²) in [6.45, 7) is 0. The van der Waals surface area contributed by atoms with Gasteiger partial charge in [-0.1, -0.05) is 12.8 Å². The van der Waals surface area contributed by atoms with E-state index in [0.29, 0.717) is 35.1 Å². The Labute approximate surface area is 221 Å². The minimum Gasteiger partial charge on any atom is -0.393 e. The fourth-order valence-corrected chi connectivity index (χ4v) is 7.44. The second-order valence-corrected chi connectivity index (χ2v) is 11.7. The third kappa shape index (κ3) is 3.50. The number of aliphatic hydroxyl groups excluding tert-OH is 1. The number of aromatic nitrogens is 4. The number of hydrogen-bond donors (Lipinski definition) is 2. The number of fused-ring (bicyclic) bond motifs is 1. The van der Waals surface area contributed by atoms with Crippen molar-refractivity contribution in [1.82, 2.24) is 29.3 Å². The van der Waals surface area contributed by atoms with Crippen molar-refractivity contribution in [1.29, 1.82) is 0 Å². The van der Waals surface area contributed by atoms with Crippen LogP contribution in [0.1, 0.15) is 78.3 Å². The summed E-state index contributed by atoms with van der Waals surface area (Å²) in [6.07, 6.45) is 10.7. The molecule has 3 aromatic rings. The average molecular weight is 516 g/mol. The van der Waals surface area contributed by atoms with E-state index in [2.05, 4.69) is 24.8 Å². The molecule has 7 rings (SSSR count). The van der Waals surface area contributed by atoms with Crippen LogP contribution >= 0.6 is 0 Å². The average Bonchev–Trinajstić information content (AvgIpc) is 3.53. The van der Waals surface area contributed by atoms with Crippen molar-refractivity contribution in [2.75, 3.05) is 19.4 Å². The van der Waals surface area contributed by atoms with Crippen molar-refractivity contribution in [3.8, 4) is 0 Å². The van der Waals surface area contributed by atoms with E-state index >= 15 is 0 Å². The van der Waals surface area contributed by atoms with Gasteiger partial charge in [-0.2, -0.15) is 4.98 Å². The summed E-state index contributed by atoms with van der Waals surface area (Å²) in [5.74, 6) is 1.05. The van der Waals surface area contributed by atoms with Crippen LogP contribution in [0.4, 0.5) is 11.8 Å². The number of anilines is 2. The number of piperidine rings is 2. The van der Waals surface area contributed by atoms with Crippen molar-refractivity contribution in [3.63, 3.8) is 0 Å². The largest absolute Gasteiger partial charge is 0.393 e. The van der Waals surface area contributed by atoms with Gasteiger partial charge in [-0.05, 0) is 56.7 Å². The number of nitrogens with zero attached hydrogens (tertiary/aromatic N) is 6. The van der Waals surface area contributed by atoms with Crippen LogP contribution < -0.4 is 5.32 Å². The van der Waals surface area contributed by atoms with Crippen molar-refractivity contribution < 1.29 is 14.7 Å². The molecule has 1 aliphatic carbocycles. The van der Waals surface area contributed by atoms with Gasteiger partial charge in [-0.25, -0.2) is 9.97 Å². The van der Waals surface area contributed by atoms with Crippen LogP contribution in [0, 0.1) is 0 Å². The molecule has 198 valence electrons. The normalized spacial score (nSPS) is 28.4. The van der Waals surface area contributed by atoms with Gasteiger partial charge >= 0.3 is 0 Å². The monoisotopic (exact) mass is 515 g/mol. The molecule has 38 heavy (non-hydrogen) atoms. The van der Waals surface area contributed by atoms with Gasteiger partial charge in [0.15, 0.2) is 5.78 Å². The Morgan fingerprint density at radius 2 is 1.79 bits per heavy atom. The van der Waals surface area contributed by atoms with Gasteiger partial charge in [-0.3, -0.25) is 14.5 Å². The quantitative estimate of drug-likeness (QED) is 0.481. The number of ketones is 1. The third-order valence-corrected chi connectivity index (χ3v) is 9.10. The zero-order valence-corrected chi connectivity index (χ0v) is 21.8. The smallest absolute Gasteiger partial charge is 0.270 e. The van der Waals surface area contributed by atoms with Crippen LogP contribution in [0.5, 0.6) is 0 Å². The van der Waals surface area contributed by atoms with E-state index in [1.807, 2.05) is 12.1 Å². The van der Waals surface area contributed by atoms with Gasteiger partial charge in [0.1, 0.15) is 17.2 Å². The minimum atomic E-state index is -0.395. The van der Waals surface area contributed by atoms with Gasteiger partial charge in [-0.15, -0.1) is 0 Å². The number of pyridine rings is 1. The maximum Gasteiger partial charge on any atom is 0.270 e. The molecule has 0 bridgehead atoms. The van der Waals surface area contributed by atoms with E-state index in [9.17, 15) is 14.7 Å². The summed E-state index contributed by atoms with van der Waals surface area (Å²) in [7, 11) is 3.53. The van der Waals surface area contributed by atoms with Crippen LogP contribution in [0.2, 0.25) is 0 Å². The molecule has 1 saturated carbocycles. The Morgan fingerprint density at radius 3 is 2.45 bits per heavy atom. The van der Waals surface area contributed by atoms with Crippen LogP contribution in [0.25, 0.3) is 11.0 Å². The number of hydrogen-bond acceptors (Lipinski definition) is 8. The number of aliphatic hydroxyl groups is 1. The minimum absolute atomic E-state index is 0.0397. The predicted octanol–water partition coefficient (Wildman–Crippen LogP) is 3.31. The highest BCUT2D eigenvalue weighted by atomic mass is 16.3. The molecule has 6 heterocycles. The summed E-state index contributed by atoms with van der Waals surface area (Å²) in [5, 5.41) is 14.0.